The second-order valence-electron chi connectivity index (χ2n) is 6.09. The van der Waals surface area contributed by atoms with Crippen LogP contribution in [0, 0.1) is 0 Å². The molecular formula is C17H22N4O3. The lowest BCUT2D eigenvalue weighted by atomic mass is 10.1. The Labute approximate surface area is 141 Å². The topological polar surface area (TPSA) is 83.0 Å². The number of anilines is 1. The molecule has 7 nitrogen and oxygen atoms in total. The Morgan fingerprint density at radius 3 is 2.83 bits per heavy atom. The predicted molar refractivity (Wildman–Crippen MR) is 90.5 cm³/mol. The molecule has 3 unspecified atom stereocenters. The molecule has 2 aliphatic rings. The smallest absolute Gasteiger partial charge is 0.288 e. The molecule has 3 atom stereocenters. The summed E-state index contributed by atoms with van der Waals surface area (Å²) in [5.41, 5.74) is 3.49. The van der Waals surface area contributed by atoms with Gasteiger partial charge in [0, 0.05) is 6.61 Å². The van der Waals surface area contributed by atoms with Gasteiger partial charge in [-0.15, -0.1) is 0 Å². The first-order valence-electron chi connectivity index (χ1n) is 8.22. The van der Waals surface area contributed by atoms with Crippen LogP contribution in [0.2, 0.25) is 0 Å². The number of aliphatic imine (C=N–C) groups is 1. The summed E-state index contributed by atoms with van der Waals surface area (Å²) in [7, 11) is 0. The second kappa shape index (κ2) is 7.00. The molecule has 1 fully saturated rings. The van der Waals surface area contributed by atoms with Crippen LogP contribution in [-0.4, -0.2) is 42.4 Å². The first-order valence-corrected chi connectivity index (χ1v) is 8.22. The van der Waals surface area contributed by atoms with Crippen molar-refractivity contribution in [2.24, 2.45) is 4.99 Å². The summed E-state index contributed by atoms with van der Waals surface area (Å²) >= 11 is 0. The van der Waals surface area contributed by atoms with Crippen LogP contribution in [0.15, 0.2) is 35.3 Å². The highest BCUT2D eigenvalue weighted by Crippen LogP contribution is 2.17. The third kappa shape index (κ3) is 3.41. The molecule has 3 rings (SSSR count). The molecule has 0 saturated carbocycles. The van der Waals surface area contributed by atoms with Crippen LogP contribution in [-0.2, 0) is 14.3 Å². The average Bonchev–Trinajstić information content (AvgIpc) is 3.12. The minimum atomic E-state index is -0.620. The number of para-hydroxylation sites is 1. The Balaban J connectivity index is 1.71. The fraction of sp³-hybridized carbons (Fsp3) is 0.471. The van der Waals surface area contributed by atoms with Crippen LogP contribution in [0.3, 0.4) is 0 Å². The van der Waals surface area contributed by atoms with E-state index < -0.39 is 6.04 Å². The molecule has 1 aromatic rings. The molecule has 2 heterocycles. The van der Waals surface area contributed by atoms with Crippen molar-refractivity contribution in [3.05, 3.63) is 30.3 Å². The van der Waals surface area contributed by atoms with Crippen molar-refractivity contribution in [1.82, 2.24) is 10.7 Å². The number of ether oxygens (including phenoxy) is 1. The summed E-state index contributed by atoms with van der Waals surface area (Å²) in [6, 6.07) is 8.40. The van der Waals surface area contributed by atoms with Crippen molar-refractivity contribution in [1.29, 1.82) is 0 Å². The Morgan fingerprint density at radius 1 is 1.42 bits per heavy atom. The molecule has 1 saturated heterocycles. The van der Waals surface area contributed by atoms with Gasteiger partial charge in [0.2, 0.25) is 5.84 Å². The van der Waals surface area contributed by atoms with E-state index in [9.17, 15) is 9.59 Å². The van der Waals surface area contributed by atoms with E-state index in [1.807, 2.05) is 25.1 Å². The number of benzene rings is 1. The number of hydrogen-bond acceptors (Lipinski definition) is 5. The molecule has 128 valence electrons. The van der Waals surface area contributed by atoms with E-state index in [1.54, 1.807) is 19.1 Å². The van der Waals surface area contributed by atoms with Crippen LogP contribution in [0.5, 0.6) is 0 Å². The summed E-state index contributed by atoms with van der Waals surface area (Å²) < 4.78 is 5.59. The van der Waals surface area contributed by atoms with Gasteiger partial charge in [0.1, 0.15) is 6.04 Å². The number of carbonyl (C=O) groups excluding carboxylic acids is 2. The van der Waals surface area contributed by atoms with Crippen molar-refractivity contribution in [2.45, 2.75) is 44.9 Å². The number of amidine groups is 1. The molecule has 2 aliphatic heterocycles. The summed E-state index contributed by atoms with van der Waals surface area (Å²) in [5, 5.41) is 4.27. The van der Waals surface area contributed by atoms with Gasteiger partial charge in [-0.2, -0.15) is 0 Å². The lowest BCUT2D eigenvalue weighted by Crippen LogP contribution is -2.59. The quantitative estimate of drug-likeness (QED) is 0.863. The molecule has 1 aromatic carbocycles. The monoisotopic (exact) mass is 330 g/mol. The van der Waals surface area contributed by atoms with E-state index in [0.717, 1.165) is 19.4 Å². The predicted octanol–water partition coefficient (Wildman–Crippen LogP) is 1.01. The fourth-order valence-corrected chi connectivity index (χ4v) is 2.87. The molecule has 0 radical (unpaired) electrons. The summed E-state index contributed by atoms with van der Waals surface area (Å²) in [4.78, 5) is 29.0. The van der Waals surface area contributed by atoms with E-state index in [4.69, 9.17) is 4.74 Å². The Kier molecular flexibility index (Phi) is 4.80. The summed E-state index contributed by atoms with van der Waals surface area (Å²) in [6.07, 6.45) is 1.98. The van der Waals surface area contributed by atoms with E-state index in [-0.39, 0.29) is 29.8 Å². The third-order valence-electron chi connectivity index (χ3n) is 4.23. The van der Waals surface area contributed by atoms with Crippen molar-refractivity contribution < 1.29 is 14.3 Å². The van der Waals surface area contributed by atoms with Crippen molar-refractivity contribution >= 4 is 23.3 Å². The van der Waals surface area contributed by atoms with Gasteiger partial charge in [-0.05, 0) is 38.8 Å². The Bertz CT molecular complexity index is 640. The maximum Gasteiger partial charge on any atom is 0.288 e. The molecule has 7 heteroatoms. The van der Waals surface area contributed by atoms with Crippen molar-refractivity contribution in [3.8, 4) is 0 Å². The number of rotatable bonds is 4. The van der Waals surface area contributed by atoms with Crippen LogP contribution >= 0.6 is 0 Å². The number of nitrogens with zero attached hydrogens (tertiary/aromatic N) is 2. The first-order chi connectivity index (χ1) is 11.6. The molecule has 24 heavy (non-hydrogen) atoms. The van der Waals surface area contributed by atoms with Crippen LogP contribution in [0.1, 0.15) is 26.7 Å². The normalized spacial score (nSPS) is 25.0. The molecule has 2 N–H and O–H groups in total. The maximum atomic E-state index is 12.5. The largest absolute Gasteiger partial charge is 0.376 e. The molecule has 2 amide bonds. The zero-order valence-corrected chi connectivity index (χ0v) is 13.9. The Hall–Kier alpha value is -2.41. The third-order valence-corrected chi connectivity index (χ3v) is 4.23. The summed E-state index contributed by atoms with van der Waals surface area (Å²) in [5.74, 6) is -0.404. The van der Waals surface area contributed by atoms with Gasteiger partial charge in [0.25, 0.3) is 11.8 Å². The van der Waals surface area contributed by atoms with Gasteiger partial charge in [0.15, 0.2) is 0 Å². The van der Waals surface area contributed by atoms with Gasteiger partial charge in [0.05, 0.1) is 17.8 Å². The highest BCUT2D eigenvalue weighted by Gasteiger charge is 2.32. The number of hydrazine groups is 1. The van der Waals surface area contributed by atoms with Gasteiger partial charge < -0.3 is 10.1 Å². The Morgan fingerprint density at radius 2 is 2.17 bits per heavy atom. The molecule has 0 spiro atoms. The zero-order chi connectivity index (χ0) is 17.1. The minimum absolute atomic E-state index is 0.0300. The van der Waals surface area contributed by atoms with E-state index in [0.29, 0.717) is 5.69 Å². The van der Waals surface area contributed by atoms with Gasteiger partial charge in [-0.3, -0.25) is 15.0 Å². The minimum Gasteiger partial charge on any atom is -0.376 e. The highest BCUT2D eigenvalue weighted by molar-refractivity contribution is 6.39. The fourth-order valence-electron chi connectivity index (χ4n) is 2.87. The highest BCUT2D eigenvalue weighted by atomic mass is 16.5. The number of amides is 2. The van der Waals surface area contributed by atoms with Gasteiger partial charge in [-0.1, -0.05) is 18.2 Å². The van der Waals surface area contributed by atoms with Crippen LogP contribution in [0.25, 0.3) is 0 Å². The van der Waals surface area contributed by atoms with E-state index in [2.05, 4.69) is 15.7 Å². The van der Waals surface area contributed by atoms with Crippen molar-refractivity contribution in [2.75, 3.05) is 11.6 Å². The van der Waals surface area contributed by atoms with Crippen LogP contribution in [0.4, 0.5) is 5.69 Å². The standard InChI is InChI=1S/C17H22N4O3/c1-11(14-9-6-10-24-14)19-16(22)15-18-12(2)17(23)21(20-15)13-7-4-3-5-8-13/h3-5,7-8,11-12,14H,6,9-10H2,1-2H3,(H,18,20)(H,19,22). The maximum absolute atomic E-state index is 12.5. The molecular weight excluding hydrogens is 308 g/mol. The number of hydrogen-bond donors (Lipinski definition) is 2. The molecule has 0 aromatic heterocycles. The van der Waals surface area contributed by atoms with E-state index in [1.165, 1.54) is 5.01 Å². The van der Waals surface area contributed by atoms with Crippen molar-refractivity contribution in [3.63, 3.8) is 0 Å². The zero-order valence-electron chi connectivity index (χ0n) is 13.9. The number of carbonyl (C=O) groups is 2. The summed E-state index contributed by atoms with van der Waals surface area (Å²) in [6.45, 7) is 4.33. The SMILES string of the molecule is CC1N=C(C(=O)NC(C)C2CCCO2)NN(c2ccccc2)C1=O. The second-order valence-corrected chi connectivity index (χ2v) is 6.09. The van der Waals surface area contributed by atoms with Crippen LogP contribution < -0.4 is 15.8 Å². The van der Waals surface area contributed by atoms with Gasteiger partial charge in [-0.25, -0.2) is 10.0 Å². The van der Waals surface area contributed by atoms with E-state index >= 15 is 0 Å². The lowest BCUT2D eigenvalue weighted by Gasteiger charge is -2.31. The first kappa shape index (κ1) is 16.4. The van der Waals surface area contributed by atoms with Gasteiger partial charge >= 0.3 is 0 Å². The average molecular weight is 330 g/mol. The molecule has 0 bridgehead atoms. The molecule has 0 aliphatic carbocycles. The number of nitrogens with one attached hydrogen (secondary N) is 2. The lowest BCUT2D eigenvalue weighted by molar-refractivity contribution is -0.120.